The van der Waals surface area contributed by atoms with Crippen molar-refractivity contribution in [1.29, 1.82) is 0 Å². The van der Waals surface area contributed by atoms with Gasteiger partial charge in [0.25, 0.3) is 0 Å². The highest BCUT2D eigenvalue weighted by molar-refractivity contribution is 8.02. The van der Waals surface area contributed by atoms with Gasteiger partial charge in [0.1, 0.15) is 0 Å². The van der Waals surface area contributed by atoms with Gasteiger partial charge in [-0.1, -0.05) is 75.5 Å². The van der Waals surface area contributed by atoms with Gasteiger partial charge >= 0.3 is 0 Å². The highest BCUT2D eigenvalue weighted by Gasteiger charge is 2.16. The van der Waals surface area contributed by atoms with Crippen molar-refractivity contribution < 1.29 is 4.79 Å². The van der Waals surface area contributed by atoms with Gasteiger partial charge in [-0.15, -0.1) is 11.8 Å². The van der Waals surface area contributed by atoms with Gasteiger partial charge in [0.2, 0.25) is 0 Å². The van der Waals surface area contributed by atoms with Gasteiger partial charge in [0.05, 0.1) is 0 Å². The van der Waals surface area contributed by atoms with E-state index >= 15 is 0 Å². The van der Waals surface area contributed by atoms with Crippen molar-refractivity contribution in [2.24, 2.45) is 17.8 Å². The van der Waals surface area contributed by atoms with E-state index in [0.717, 1.165) is 12.0 Å². The average Bonchev–Trinajstić information content (AvgIpc) is 2.76. The molecule has 0 aromatic rings. The molecule has 0 aromatic heterocycles. The largest absolute Gasteiger partial charge is 0.294 e. The third-order valence-electron chi connectivity index (χ3n) is 4.61. The summed E-state index contributed by atoms with van der Waals surface area (Å²) in [5.41, 5.74) is 2.05. The van der Waals surface area contributed by atoms with Crippen molar-refractivity contribution in [2.75, 3.05) is 6.26 Å². The zero-order chi connectivity index (χ0) is 17.5. The summed E-state index contributed by atoms with van der Waals surface area (Å²) < 4.78 is 0. The van der Waals surface area contributed by atoms with E-state index in [1.54, 1.807) is 11.8 Å². The molecule has 2 heteroatoms. The lowest BCUT2D eigenvalue weighted by atomic mass is 9.91. The fraction of sp³-hybridized carbons (Fsp3) is 0.409. The molecule has 3 atom stereocenters. The summed E-state index contributed by atoms with van der Waals surface area (Å²) in [5, 5.41) is 0. The Bertz CT molecular complexity index is 643. The number of hydrogen-bond acceptors (Lipinski definition) is 2. The van der Waals surface area contributed by atoms with Crippen LogP contribution in [0.2, 0.25) is 0 Å². The molecule has 0 bridgehead atoms. The summed E-state index contributed by atoms with van der Waals surface area (Å²) in [6, 6.07) is 0. The lowest BCUT2D eigenvalue weighted by Crippen LogP contribution is -2.09. The third kappa shape index (κ3) is 5.24. The second kappa shape index (κ2) is 9.08. The molecule has 24 heavy (non-hydrogen) atoms. The standard InChI is InChI=1S/C22H28OS/c1-16-7-5-9-19(12-11-16)18(3)15-21(23)20-10-6-8-17(2)22(24-4)14-13-20/h5-7,9-14,16-18H,8,15H2,1-4H3. The Labute approximate surface area is 151 Å². The number of carbonyl (C=O) groups is 1. The van der Waals surface area contributed by atoms with E-state index in [4.69, 9.17) is 0 Å². The predicted octanol–water partition coefficient (Wildman–Crippen LogP) is 6.04. The predicted molar refractivity (Wildman–Crippen MR) is 107 cm³/mol. The van der Waals surface area contributed by atoms with Crippen LogP contribution in [0.15, 0.2) is 70.7 Å². The molecule has 0 fully saturated rings. The summed E-state index contributed by atoms with van der Waals surface area (Å²) in [5.74, 6) is 1.43. The van der Waals surface area contributed by atoms with Crippen LogP contribution in [-0.4, -0.2) is 12.0 Å². The molecule has 2 aliphatic carbocycles. The molecule has 2 aliphatic rings. The molecule has 0 aliphatic heterocycles. The Kier molecular flexibility index (Phi) is 7.11. The number of Topliss-reactive ketones (excluding diaryl/α,β-unsaturated/α-hetero) is 1. The molecule has 0 amide bonds. The number of hydrogen-bond donors (Lipinski definition) is 0. The second-order valence-corrected chi connectivity index (χ2v) is 7.61. The van der Waals surface area contributed by atoms with Crippen molar-refractivity contribution in [1.82, 2.24) is 0 Å². The van der Waals surface area contributed by atoms with Gasteiger partial charge < -0.3 is 0 Å². The highest BCUT2D eigenvalue weighted by atomic mass is 32.2. The lowest BCUT2D eigenvalue weighted by molar-refractivity contribution is -0.115. The summed E-state index contributed by atoms with van der Waals surface area (Å²) in [6.07, 6.45) is 22.7. The first-order chi connectivity index (χ1) is 11.5. The van der Waals surface area contributed by atoms with Crippen LogP contribution in [0.3, 0.4) is 0 Å². The Hall–Kier alpha value is -1.54. The first kappa shape index (κ1) is 18.8. The van der Waals surface area contributed by atoms with Crippen LogP contribution in [0.5, 0.6) is 0 Å². The fourth-order valence-electron chi connectivity index (χ4n) is 2.93. The molecular formula is C22H28OS. The molecule has 0 saturated heterocycles. The molecule has 0 radical (unpaired) electrons. The summed E-state index contributed by atoms with van der Waals surface area (Å²) in [6.45, 7) is 6.53. The van der Waals surface area contributed by atoms with E-state index in [2.05, 4.69) is 69.6 Å². The van der Waals surface area contributed by atoms with Gasteiger partial charge in [-0.05, 0) is 40.9 Å². The van der Waals surface area contributed by atoms with Crippen molar-refractivity contribution >= 4 is 17.5 Å². The number of rotatable bonds is 5. The first-order valence-corrected chi connectivity index (χ1v) is 9.96. The Balaban J connectivity index is 2.10. The summed E-state index contributed by atoms with van der Waals surface area (Å²) in [4.78, 5) is 14.1. The van der Waals surface area contributed by atoms with Crippen molar-refractivity contribution in [3.63, 3.8) is 0 Å². The zero-order valence-electron chi connectivity index (χ0n) is 15.2. The van der Waals surface area contributed by atoms with Crippen LogP contribution in [0.1, 0.15) is 33.6 Å². The SMILES string of the molecule is CSC1=CC=C(C(=O)CC(C)C2=CC=CC(C)C=C2)C=CCC1C. The Morgan fingerprint density at radius 2 is 2.00 bits per heavy atom. The lowest BCUT2D eigenvalue weighted by Gasteiger charge is -2.15. The molecule has 0 aromatic carbocycles. The topological polar surface area (TPSA) is 17.1 Å². The van der Waals surface area contributed by atoms with Crippen LogP contribution >= 0.6 is 11.8 Å². The molecule has 2 rings (SSSR count). The summed E-state index contributed by atoms with van der Waals surface area (Å²) >= 11 is 1.77. The van der Waals surface area contributed by atoms with E-state index in [-0.39, 0.29) is 11.7 Å². The molecule has 0 heterocycles. The molecule has 1 nitrogen and oxygen atoms in total. The van der Waals surface area contributed by atoms with Crippen LogP contribution in [-0.2, 0) is 4.79 Å². The Morgan fingerprint density at radius 3 is 2.75 bits per heavy atom. The highest BCUT2D eigenvalue weighted by Crippen LogP contribution is 2.28. The normalized spacial score (nSPS) is 25.1. The van der Waals surface area contributed by atoms with Gasteiger partial charge in [-0.25, -0.2) is 0 Å². The second-order valence-electron chi connectivity index (χ2n) is 6.73. The maximum absolute atomic E-state index is 12.7. The van der Waals surface area contributed by atoms with Crippen LogP contribution in [0.4, 0.5) is 0 Å². The van der Waals surface area contributed by atoms with E-state index in [1.807, 2.05) is 12.2 Å². The minimum Gasteiger partial charge on any atom is -0.294 e. The van der Waals surface area contributed by atoms with Crippen molar-refractivity contribution in [2.45, 2.75) is 33.6 Å². The van der Waals surface area contributed by atoms with Crippen molar-refractivity contribution in [3.8, 4) is 0 Å². The minimum absolute atomic E-state index is 0.223. The van der Waals surface area contributed by atoms with Crippen LogP contribution in [0, 0.1) is 17.8 Å². The quantitative estimate of drug-likeness (QED) is 0.607. The average molecular weight is 341 g/mol. The monoisotopic (exact) mass is 340 g/mol. The van der Waals surface area contributed by atoms with E-state index in [9.17, 15) is 4.79 Å². The zero-order valence-corrected chi connectivity index (χ0v) is 16.0. The molecule has 0 spiro atoms. The van der Waals surface area contributed by atoms with Gasteiger partial charge in [-0.2, -0.15) is 0 Å². The van der Waals surface area contributed by atoms with E-state index in [1.165, 1.54) is 10.5 Å². The third-order valence-corrected chi connectivity index (χ3v) is 5.62. The maximum Gasteiger partial charge on any atom is 0.163 e. The number of ketones is 1. The number of allylic oxidation sites excluding steroid dienone is 12. The van der Waals surface area contributed by atoms with E-state index < -0.39 is 0 Å². The fourth-order valence-corrected chi connectivity index (χ4v) is 3.63. The Morgan fingerprint density at radius 1 is 1.21 bits per heavy atom. The maximum atomic E-state index is 12.7. The minimum atomic E-state index is 0.223. The van der Waals surface area contributed by atoms with Crippen LogP contribution in [0.25, 0.3) is 0 Å². The molecule has 0 N–H and O–H groups in total. The van der Waals surface area contributed by atoms with Crippen molar-refractivity contribution in [3.05, 3.63) is 70.7 Å². The van der Waals surface area contributed by atoms with Gasteiger partial charge in [0, 0.05) is 12.0 Å². The first-order valence-electron chi connectivity index (χ1n) is 8.73. The molecule has 3 unspecified atom stereocenters. The molecule has 128 valence electrons. The number of thioether (sulfide) groups is 1. The smallest absolute Gasteiger partial charge is 0.163 e. The van der Waals surface area contributed by atoms with Gasteiger partial charge in [0.15, 0.2) is 5.78 Å². The van der Waals surface area contributed by atoms with Crippen LogP contribution < -0.4 is 0 Å². The van der Waals surface area contributed by atoms with E-state index in [0.29, 0.717) is 18.3 Å². The van der Waals surface area contributed by atoms with Gasteiger partial charge in [-0.3, -0.25) is 4.79 Å². The molecular weight excluding hydrogens is 312 g/mol. The molecule has 0 saturated carbocycles. The summed E-state index contributed by atoms with van der Waals surface area (Å²) in [7, 11) is 0. The number of carbonyl (C=O) groups excluding carboxylic acids is 1.